The fourth-order valence-corrected chi connectivity index (χ4v) is 1.84. The number of rotatable bonds is 1. The van der Waals surface area contributed by atoms with Crippen LogP contribution in [0.25, 0.3) is 0 Å². The van der Waals surface area contributed by atoms with E-state index < -0.39 is 0 Å². The van der Waals surface area contributed by atoms with Crippen LogP contribution in [0.4, 0.5) is 4.39 Å². The van der Waals surface area contributed by atoms with Crippen molar-refractivity contribution >= 4 is 11.6 Å². The zero-order valence-corrected chi connectivity index (χ0v) is 7.74. The molecule has 1 aromatic rings. The molecular formula is C11H8ClF. The van der Waals surface area contributed by atoms with Gasteiger partial charge in [-0.05, 0) is 30.5 Å². The first-order chi connectivity index (χ1) is 6.18. The van der Waals surface area contributed by atoms with Crippen LogP contribution >= 0.6 is 11.6 Å². The van der Waals surface area contributed by atoms with Crippen molar-refractivity contribution < 1.29 is 4.39 Å². The molecule has 13 heavy (non-hydrogen) atoms. The van der Waals surface area contributed by atoms with Gasteiger partial charge >= 0.3 is 0 Å². The van der Waals surface area contributed by atoms with Gasteiger partial charge in [0.1, 0.15) is 5.82 Å². The van der Waals surface area contributed by atoms with Gasteiger partial charge in [-0.2, -0.15) is 0 Å². The second-order valence-corrected chi connectivity index (χ2v) is 3.76. The Labute approximate surface area is 81.7 Å². The zero-order valence-electron chi connectivity index (χ0n) is 6.98. The number of hydrogen-bond acceptors (Lipinski definition) is 0. The molecule has 0 aliphatic heterocycles. The number of halogens is 2. The molecule has 0 amide bonds. The van der Waals surface area contributed by atoms with Gasteiger partial charge in [0, 0.05) is 5.02 Å². The molecule has 1 aromatic carbocycles. The van der Waals surface area contributed by atoms with E-state index >= 15 is 0 Å². The van der Waals surface area contributed by atoms with Crippen LogP contribution in [0.1, 0.15) is 18.4 Å². The number of benzene rings is 1. The van der Waals surface area contributed by atoms with Crippen LogP contribution in [0.5, 0.6) is 0 Å². The lowest BCUT2D eigenvalue weighted by molar-refractivity contribution is 0.626. The third kappa shape index (κ3) is 1.32. The summed E-state index contributed by atoms with van der Waals surface area (Å²) in [6, 6.07) is 4.40. The number of terminal acetylenes is 1. The van der Waals surface area contributed by atoms with E-state index in [9.17, 15) is 4.39 Å². The van der Waals surface area contributed by atoms with E-state index in [0.29, 0.717) is 5.02 Å². The minimum atomic E-state index is -0.318. The smallest absolute Gasteiger partial charge is 0.124 e. The van der Waals surface area contributed by atoms with Gasteiger partial charge in [-0.1, -0.05) is 23.6 Å². The van der Waals surface area contributed by atoms with E-state index in [0.717, 1.165) is 18.4 Å². The van der Waals surface area contributed by atoms with Crippen molar-refractivity contribution in [3.05, 3.63) is 34.6 Å². The van der Waals surface area contributed by atoms with E-state index in [1.807, 2.05) is 0 Å². The number of hydrogen-bond donors (Lipinski definition) is 0. The van der Waals surface area contributed by atoms with E-state index in [1.54, 1.807) is 6.07 Å². The molecule has 0 spiro atoms. The van der Waals surface area contributed by atoms with Crippen LogP contribution in [0, 0.1) is 18.2 Å². The van der Waals surface area contributed by atoms with Gasteiger partial charge < -0.3 is 0 Å². The predicted octanol–water partition coefficient (Wildman–Crippen LogP) is 3.14. The molecular weight excluding hydrogens is 187 g/mol. The van der Waals surface area contributed by atoms with E-state index in [1.165, 1.54) is 12.1 Å². The molecule has 1 fully saturated rings. The largest absolute Gasteiger partial charge is 0.207 e. The van der Waals surface area contributed by atoms with Gasteiger partial charge in [0.05, 0.1) is 5.41 Å². The lowest BCUT2D eigenvalue weighted by atomic mass is 9.97. The molecule has 0 bridgehead atoms. The average molecular weight is 195 g/mol. The van der Waals surface area contributed by atoms with Crippen molar-refractivity contribution in [1.82, 2.24) is 0 Å². The highest BCUT2D eigenvalue weighted by Gasteiger charge is 2.43. The second-order valence-electron chi connectivity index (χ2n) is 3.35. The lowest BCUT2D eigenvalue weighted by Gasteiger charge is -2.09. The van der Waals surface area contributed by atoms with Crippen LogP contribution in [0.2, 0.25) is 5.02 Å². The first-order valence-corrected chi connectivity index (χ1v) is 4.49. The van der Waals surface area contributed by atoms with Crippen molar-refractivity contribution in [2.45, 2.75) is 18.3 Å². The monoisotopic (exact) mass is 194 g/mol. The first kappa shape index (κ1) is 8.59. The molecule has 1 aliphatic carbocycles. The lowest BCUT2D eigenvalue weighted by Crippen LogP contribution is -2.03. The van der Waals surface area contributed by atoms with Gasteiger partial charge in [-0.15, -0.1) is 6.42 Å². The Morgan fingerprint density at radius 2 is 2.15 bits per heavy atom. The summed E-state index contributed by atoms with van der Waals surface area (Å²) in [5.41, 5.74) is 0.684. The maximum Gasteiger partial charge on any atom is 0.124 e. The molecule has 66 valence electrons. The maximum absolute atomic E-state index is 12.7. The summed E-state index contributed by atoms with van der Waals surface area (Å²) < 4.78 is 12.7. The predicted molar refractivity (Wildman–Crippen MR) is 51.2 cm³/mol. The molecule has 0 atom stereocenters. The summed E-state index contributed by atoms with van der Waals surface area (Å²) in [6.45, 7) is 0. The quantitative estimate of drug-likeness (QED) is 0.603. The van der Waals surface area contributed by atoms with Gasteiger partial charge in [-0.3, -0.25) is 0 Å². The van der Waals surface area contributed by atoms with Crippen LogP contribution in [-0.4, -0.2) is 0 Å². The molecule has 2 heteroatoms. The minimum absolute atomic E-state index is 0.204. The zero-order chi connectivity index (χ0) is 9.47. The summed E-state index contributed by atoms with van der Waals surface area (Å²) in [5.74, 6) is 2.40. The van der Waals surface area contributed by atoms with Gasteiger partial charge in [0.15, 0.2) is 0 Å². The second kappa shape index (κ2) is 2.75. The van der Waals surface area contributed by atoms with E-state index in [-0.39, 0.29) is 11.2 Å². The molecule has 0 N–H and O–H groups in total. The van der Waals surface area contributed by atoms with Crippen molar-refractivity contribution in [3.8, 4) is 12.3 Å². The molecule has 0 saturated heterocycles. The Bertz CT molecular complexity index is 386. The Morgan fingerprint density at radius 3 is 2.62 bits per heavy atom. The maximum atomic E-state index is 12.7. The van der Waals surface area contributed by atoms with Gasteiger partial charge in [0.2, 0.25) is 0 Å². The summed E-state index contributed by atoms with van der Waals surface area (Å²) in [5, 5.41) is 0.440. The molecule has 0 aromatic heterocycles. The topological polar surface area (TPSA) is 0 Å². The average Bonchev–Trinajstić information content (AvgIpc) is 2.85. The van der Waals surface area contributed by atoms with Crippen molar-refractivity contribution in [3.63, 3.8) is 0 Å². The Kier molecular flexibility index (Phi) is 1.82. The van der Waals surface area contributed by atoms with Crippen LogP contribution < -0.4 is 0 Å². The minimum Gasteiger partial charge on any atom is -0.207 e. The molecule has 1 saturated carbocycles. The van der Waals surface area contributed by atoms with Crippen LogP contribution in [-0.2, 0) is 5.41 Å². The Hall–Kier alpha value is -1.00. The van der Waals surface area contributed by atoms with Crippen molar-refractivity contribution in [2.75, 3.05) is 0 Å². The normalized spacial score (nSPS) is 17.9. The van der Waals surface area contributed by atoms with Gasteiger partial charge in [0.25, 0.3) is 0 Å². The summed E-state index contributed by atoms with van der Waals surface area (Å²) in [6.07, 6.45) is 7.31. The molecule has 0 nitrogen and oxygen atoms in total. The van der Waals surface area contributed by atoms with Crippen LogP contribution in [0.15, 0.2) is 18.2 Å². The van der Waals surface area contributed by atoms with Crippen molar-refractivity contribution in [2.24, 2.45) is 0 Å². The summed E-state index contributed by atoms with van der Waals surface area (Å²) in [7, 11) is 0. The SMILES string of the molecule is C#CC1(c2ccc(F)cc2Cl)CC1. The van der Waals surface area contributed by atoms with E-state index in [4.69, 9.17) is 18.0 Å². The Balaban J connectivity index is 2.48. The highest BCUT2D eigenvalue weighted by molar-refractivity contribution is 6.31. The fourth-order valence-electron chi connectivity index (χ4n) is 1.49. The third-order valence-corrected chi connectivity index (χ3v) is 2.79. The standard InChI is InChI=1S/C11H8ClF/c1-2-11(5-6-11)9-4-3-8(13)7-10(9)12/h1,3-4,7H,5-6H2. The van der Waals surface area contributed by atoms with E-state index in [2.05, 4.69) is 5.92 Å². The van der Waals surface area contributed by atoms with Crippen LogP contribution in [0.3, 0.4) is 0 Å². The molecule has 0 radical (unpaired) electrons. The Morgan fingerprint density at radius 1 is 1.46 bits per heavy atom. The van der Waals surface area contributed by atoms with Crippen molar-refractivity contribution in [1.29, 1.82) is 0 Å². The highest BCUT2D eigenvalue weighted by Crippen LogP contribution is 2.49. The molecule has 0 unspecified atom stereocenters. The third-order valence-electron chi connectivity index (χ3n) is 2.47. The summed E-state index contributed by atoms with van der Waals surface area (Å²) >= 11 is 5.90. The summed E-state index contributed by atoms with van der Waals surface area (Å²) in [4.78, 5) is 0. The molecule has 1 aliphatic rings. The molecule has 0 heterocycles. The fraction of sp³-hybridized carbons (Fsp3) is 0.273. The first-order valence-electron chi connectivity index (χ1n) is 4.11. The van der Waals surface area contributed by atoms with Gasteiger partial charge in [-0.25, -0.2) is 4.39 Å². The molecule has 2 rings (SSSR count). The highest BCUT2D eigenvalue weighted by atomic mass is 35.5.